The molecule has 0 fully saturated rings. The molecule has 0 amide bonds. The largest absolute Gasteiger partial charge is 0.491 e. The molecule has 0 saturated heterocycles. The van der Waals surface area contributed by atoms with E-state index in [4.69, 9.17) is 4.74 Å². The van der Waals surface area contributed by atoms with Crippen molar-refractivity contribution < 1.29 is 4.74 Å². The number of hydrogen-bond acceptors (Lipinski definition) is 3. The average Bonchev–Trinajstić information content (AvgIpc) is 2.48. The molecular formula is C17H23BrN2O. The molecule has 0 aliphatic rings. The number of benzene rings is 2. The van der Waals surface area contributed by atoms with Crippen LogP contribution in [-0.4, -0.2) is 45.2 Å². The van der Waals surface area contributed by atoms with Crippen molar-refractivity contribution in [3.8, 4) is 5.75 Å². The number of rotatable bonds is 8. The van der Waals surface area contributed by atoms with E-state index in [-0.39, 0.29) is 0 Å². The second-order valence-corrected chi connectivity index (χ2v) is 6.15. The first-order valence-corrected chi connectivity index (χ1v) is 8.13. The highest BCUT2D eigenvalue weighted by molar-refractivity contribution is 9.10. The smallest absolute Gasteiger partial charge is 0.134 e. The van der Waals surface area contributed by atoms with E-state index >= 15 is 0 Å². The zero-order chi connectivity index (χ0) is 15.1. The summed E-state index contributed by atoms with van der Waals surface area (Å²) >= 11 is 3.64. The minimum atomic E-state index is 0.679. The topological polar surface area (TPSA) is 24.5 Å². The summed E-state index contributed by atoms with van der Waals surface area (Å²) in [7, 11) is 4.20. The first kappa shape index (κ1) is 16.3. The molecule has 0 radical (unpaired) electrons. The van der Waals surface area contributed by atoms with Crippen LogP contribution < -0.4 is 10.1 Å². The summed E-state index contributed by atoms with van der Waals surface area (Å²) in [5.74, 6) is 0.906. The quantitative estimate of drug-likeness (QED) is 0.737. The van der Waals surface area contributed by atoms with E-state index in [0.29, 0.717) is 6.61 Å². The van der Waals surface area contributed by atoms with Crippen molar-refractivity contribution in [3.05, 3.63) is 40.9 Å². The molecule has 1 N–H and O–H groups in total. The zero-order valence-corrected chi connectivity index (χ0v) is 14.3. The first-order valence-electron chi connectivity index (χ1n) is 7.34. The van der Waals surface area contributed by atoms with Crippen molar-refractivity contribution in [2.24, 2.45) is 0 Å². The van der Waals surface area contributed by atoms with Gasteiger partial charge in [0.05, 0.1) is 4.47 Å². The van der Waals surface area contributed by atoms with Crippen molar-refractivity contribution in [1.29, 1.82) is 0 Å². The minimum Gasteiger partial charge on any atom is -0.491 e. The van der Waals surface area contributed by atoms with Crippen LogP contribution in [0.1, 0.15) is 6.42 Å². The van der Waals surface area contributed by atoms with Gasteiger partial charge in [0.15, 0.2) is 0 Å². The normalized spacial score (nSPS) is 11.2. The number of nitrogens with one attached hydrogen (secondary N) is 1. The van der Waals surface area contributed by atoms with E-state index in [1.165, 1.54) is 10.8 Å². The number of fused-ring (bicyclic) bond motifs is 1. The van der Waals surface area contributed by atoms with Crippen LogP contribution in [0.4, 0.5) is 0 Å². The molecule has 2 aromatic carbocycles. The summed E-state index contributed by atoms with van der Waals surface area (Å²) in [5, 5.41) is 5.81. The third-order valence-electron chi connectivity index (χ3n) is 3.32. The summed E-state index contributed by atoms with van der Waals surface area (Å²) in [6.45, 7) is 3.69. The van der Waals surface area contributed by atoms with Crippen LogP contribution in [0.25, 0.3) is 10.8 Å². The highest BCUT2D eigenvalue weighted by Gasteiger charge is 2.05. The number of nitrogens with zero attached hydrogens (tertiary/aromatic N) is 1. The molecule has 0 saturated carbocycles. The van der Waals surface area contributed by atoms with Gasteiger partial charge in [-0.3, -0.25) is 0 Å². The molecule has 2 rings (SSSR count). The van der Waals surface area contributed by atoms with Gasteiger partial charge < -0.3 is 15.0 Å². The van der Waals surface area contributed by atoms with Gasteiger partial charge in [-0.25, -0.2) is 0 Å². The van der Waals surface area contributed by atoms with Crippen LogP contribution in [0, 0.1) is 0 Å². The molecule has 4 heteroatoms. The molecule has 0 heterocycles. The molecule has 0 unspecified atom stereocenters. The van der Waals surface area contributed by atoms with Crippen molar-refractivity contribution in [3.63, 3.8) is 0 Å². The Morgan fingerprint density at radius 3 is 2.71 bits per heavy atom. The lowest BCUT2D eigenvalue weighted by molar-refractivity contribution is 0.310. The number of hydrogen-bond donors (Lipinski definition) is 1. The number of ether oxygens (including phenoxy) is 1. The molecule has 3 nitrogen and oxygen atoms in total. The molecule has 0 aliphatic heterocycles. The Hall–Kier alpha value is -1.10. The fraction of sp³-hybridized carbons (Fsp3) is 0.412. The maximum absolute atomic E-state index is 5.85. The van der Waals surface area contributed by atoms with Gasteiger partial charge in [-0.05, 0) is 66.4 Å². The summed E-state index contributed by atoms with van der Waals surface area (Å²) in [6, 6.07) is 12.4. The van der Waals surface area contributed by atoms with Crippen LogP contribution in [-0.2, 0) is 0 Å². The van der Waals surface area contributed by atoms with Gasteiger partial charge in [0.1, 0.15) is 12.4 Å². The Morgan fingerprint density at radius 2 is 1.90 bits per heavy atom. The molecule has 0 atom stereocenters. The molecule has 0 aromatic heterocycles. The molecule has 2 aromatic rings. The van der Waals surface area contributed by atoms with E-state index in [2.05, 4.69) is 58.4 Å². The lowest BCUT2D eigenvalue weighted by Gasteiger charge is -2.12. The molecule has 0 aliphatic carbocycles. The standard InChI is InChI=1S/C17H23BrN2O/c1-20(2)12-5-10-19-11-13-21-16-9-8-14-6-3-4-7-15(14)17(16)18/h3-4,6-9,19H,5,10-13H2,1-2H3. The molecule has 0 spiro atoms. The maximum atomic E-state index is 5.85. The number of halogens is 1. The van der Waals surface area contributed by atoms with Gasteiger partial charge in [0.2, 0.25) is 0 Å². The summed E-state index contributed by atoms with van der Waals surface area (Å²) in [5.41, 5.74) is 0. The lowest BCUT2D eigenvalue weighted by atomic mass is 10.1. The van der Waals surface area contributed by atoms with Gasteiger partial charge >= 0.3 is 0 Å². The fourth-order valence-corrected chi connectivity index (χ4v) is 2.81. The predicted octanol–water partition coefficient (Wildman–Crippen LogP) is 3.52. The molecule has 114 valence electrons. The average molecular weight is 351 g/mol. The maximum Gasteiger partial charge on any atom is 0.134 e. The summed E-state index contributed by atoms with van der Waals surface area (Å²) < 4.78 is 6.89. The van der Waals surface area contributed by atoms with Gasteiger partial charge in [0, 0.05) is 6.54 Å². The Labute approximate surface area is 135 Å². The fourth-order valence-electron chi connectivity index (χ4n) is 2.20. The van der Waals surface area contributed by atoms with Crippen molar-refractivity contribution in [2.75, 3.05) is 40.3 Å². The minimum absolute atomic E-state index is 0.679. The van der Waals surface area contributed by atoms with E-state index in [9.17, 15) is 0 Å². The molecular weight excluding hydrogens is 328 g/mol. The third kappa shape index (κ3) is 4.99. The van der Waals surface area contributed by atoms with Gasteiger partial charge in [-0.15, -0.1) is 0 Å². The summed E-state index contributed by atoms with van der Waals surface area (Å²) in [6.07, 6.45) is 1.16. The van der Waals surface area contributed by atoms with E-state index in [1.54, 1.807) is 0 Å². The van der Waals surface area contributed by atoms with Gasteiger partial charge in [-0.1, -0.05) is 30.3 Å². The van der Waals surface area contributed by atoms with Crippen LogP contribution >= 0.6 is 15.9 Å². The van der Waals surface area contributed by atoms with E-state index in [1.807, 2.05) is 18.2 Å². The van der Waals surface area contributed by atoms with Crippen molar-refractivity contribution in [1.82, 2.24) is 10.2 Å². The Kier molecular flexibility index (Phi) is 6.49. The zero-order valence-electron chi connectivity index (χ0n) is 12.7. The third-order valence-corrected chi connectivity index (χ3v) is 4.14. The lowest BCUT2D eigenvalue weighted by Crippen LogP contribution is -2.25. The Balaban J connectivity index is 1.77. The summed E-state index contributed by atoms with van der Waals surface area (Å²) in [4.78, 5) is 2.20. The molecule has 21 heavy (non-hydrogen) atoms. The van der Waals surface area contributed by atoms with Crippen LogP contribution in [0.2, 0.25) is 0 Å². The van der Waals surface area contributed by atoms with Crippen LogP contribution in [0.5, 0.6) is 5.75 Å². The Morgan fingerprint density at radius 1 is 1.10 bits per heavy atom. The van der Waals surface area contributed by atoms with Crippen molar-refractivity contribution >= 4 is 26.7 Å². The second kappa shape index (κ2) is 8.37. The van der Waals surface area contributed by atoms with Crippen LogP contribution in [0.15, 0.2) is 40.9 Å². The van der Waals surface area contributed by atoms with Crippen molar-refractivity contribution in [2.45, 2.75) is 6.42 Å². The van der Waals surface area contributed by atoms with Gasteiger partial charge in [-0.2, -0.15) is 0 Å². The monoisotopic (exact) mass is 350 g/mol. The van der Waals surface area contributed by atoms with Gasteiger partial charge in [0.25, 0.3) is 0 Å². The SMILES string of the molecule is CN(C)CCCNCCOc1ccc2ccccc2c1Br. The van der Waals surface area contributed by atoms with Crippen LogP contribution in [0.3, 0.4) is 0 Å². The van der Waals surface area contributed by atoms with E-state index in [0.717, 1.165) is 36.3 Å². The first-order chi connectivity index (χ1) is 10.2. The Bertz CT molecular complexity index is 572. The van der Waals surface area contributed by atoms with E-state index < -0.39 is 0 Å². The highest BCUT2D eigenvalue weighted by Crippen LogP contribution is 2.32. The second-order valence-electron chi connectivity index (χ2n) is 5.35. The molecule has 0 bridgehead atoms. The predicted molar refractivity (Wildman–Crippen MR) is 93.2 cm³/mol. The highest BCUT2D eigenvalue weighted by atomic mass is 79.9.